The van der Waals surface area contributed by atoms with Crippen LogP contribution in [-0.2, 0) is 32.9 Å². The standard InChI is InChI=1S/2C24H29NO2S/c2*1-18-11-13-21(14-12-18)28(26,27)25-16-15-19(2)22-9-6-10-23(22)24(25)17-20-7-4-3-5-8-20/h2*3-5,7-8,11-14,22-24H,2,6,9-10,15-17H2,1H3/t2*22-,23-,24+/m11/s1. The molecule has 0 spiro atoms. The predicted octanol–water partition coefficient (Wildman–Crippen LogP) is 9.95. The Morgan fingerprint density at radius 2 is 0.875 bits per heavy atom. The van der Waals surface area contributed by atoms with Gasteiger partial charge in [0, 0.05) is 25.2 Å². The highest BCUT2D eigenvalue weighted by Crippen LogP contribution is 2.46. The van der Waals surface area contributed by atoms with Crippen LogP contribution in [0.4, 0.5) is 0 Å². The summed E-state index contributed by atoms with van der Waals surface area (Å²) in [6, 6.07) is 35.1. The summed E-state index contributed by atoms with van der Waals surface area (Å²) in [5, 5.41) is 0. The van der Waals surface area contributed by atoms with Gasteiger partial charge >= 0.3 is 0 Å². The molecular weight excluding hydrogens is 733 g/mol. The lowest BCUT2D eigenvalue weighted by Crippen LogP contribution is -2.45. The van der Waals surface area contributed by atoms with E-state index < -0.39 is 20.0 Å². The molecular formula is C48H58N2O4S2. The molecule has 2 heterocycles. The molecule has 0 amide bonds. The van der Waals surface area contributed by atoms with E-state index in [1.165, 1.54) is 22.3 Å². The van der Waals surface area contributed by atoms with Crippen molar-refractivity contribution in [1.82, 2.24) is 8.61 Å². The van der Waals surface area contributed by atoms with Crippen LogP contribution in [0.1, 0.15) is 73.6 Å². The van der Waals surface area contributed by atoms with Gasteiger partial charge < -0.3 is 0 Å². The molecule has 2 aliphatic heterocycles. The molecule has 4 aromatic rings. The third-order valence-electron chi connectivity index (χ3n) is 13.1. The predicted molar refractivity (Wildman–Crippen MR) is 227 cm³/mol. The number of nitrogens with zero attached hydrogens (tertiary/aromatic N) is 2. The van der Waals surface area contributed by atoms with Gasteiger partial charge in [0.2, 0.25) is 20.0 Å². The zero-order valence-electron chi connectivity index (χ0n) is 33.1. The minimum atomic E-state index is -3.54. The van der Waals surface area contributed by atoms with Gasteiger partial charge in [0.15, 0.2) is 0 Å². The van der Waals surface area contributed by atoms with Gasteiger partial charge in [0.1, 0.15) is 0 Å². The lowest BCUT2D eigenvalue weighted by molar-refractivity contribution is 0.232. The Balaban J connectivity index is 0.000000172. The normalized spacial score (nSPS) is 26.0. The van der Waals surface area contributed by atoms with Gasteiger partial charge in [0.25, 0.3) is 0 Å². The molecule has 296 valence electrons. The number of hydrogen-bond acceptors (Lipinski definition) is 4. The van der Waals surface area contributed by atoms with Gasteiger partial charge in [-0.2, -0.15) is 8.61 Å². The van der Waals surface area contributed by atoms with E-state index in [9.17, 15) is 16.8 Å². The average Bonchev–Trinajstić information content (AvgIpc) is 3.85. The van der Waals surface area contributed by atoms with Crippen molar-refractivity contribution in [3.05, 3.63) is 156 Å². The summed E-state index contributed by atoms with van der Waals surface area (Å²) in [5.41, 5.74) is 7.02. The van der Waals surface area contributed by atoms with Crippen molar-refractivity contribution < 1.29 is 16.8 Å². The van der Waals surface area contributed by atoms with E-state index in [4.69, 9.17) is 0 Å². The number of hydrogen-bond donors (Lipinski definition) is 0. The van der Waals surface area contributed by atoms with Gasteiger partial charge in [-0.15, -0.1) is 0 Å². The monoisotopic (exact) mass is 790 g/mol. The quantitative estimate of drug-likeness (QED) is 0.167. The Morgan fingerprint density at radius 1 is 0.518 bits per heavy atom. The number of aryl methyl sites for hydroxylation is 2. The maximum atomic E-state index is 13.6. The van der Waals surface area contributed by atoms with Crippen LogP contribution in [0.2, 0.25) is 0 Å². The third-order valence-corrected chi connectivity index (χ3v) is 16.9. The van der Waals surface area contributed by atoms with Crippen LogP contribution >= 0.6 is 0 Å². The summed E-state index contributed by atoms with van der Waals surface area (Å²) in [6.45, 7) is 13.7. The fraction of sp³-hybridized carbons (Fsp3) is 0.417. The Bertz CT molecular complexity index is 2030. The third kappa shape index (κ3) is 8.69. The molecule has 4 aliphatic rings. The smallest absolute Gasteiger partial charge is 0.207 e. The zero-order valence-corrected chi connectivity index (χ0v) is 34.7. The van der Waals surface area contributed by atoms with Crippen molar-refractivity contribution in [2.24, 2.45) is 23.7 Å². The van der Waals surface area contributed by atoms with Crippen molar-refractivity contribution in [2.45, 2.75) is 99.9 Å². The minimum Gasteiger partial charge on any atom is -0.207 e. The molecule has 6 atom stereocenters. The van der Waals surface area contributed by atoms with Crippen LogP contribution in [0.25, 0.3) is 0 Å². The van der Waals surface area contributed by atoms with Crippen molar-refractivity contribution in [3.8, 4) is 0 Å². The lowest BCUT2D eigenvalue weighted by atomic mass is 9.82. The number of fused-ring (bicyclic) bond motifs is 2. The number of sulfonamides is 2. The van der Waals surface area contributed by atoms with Crippen LogP contribution in [0.15, 0.2) is 143 Å². The van der Waals surface area contributed by atoms with E-state index in [-0.39, 0.29) is 12.1 Å². The number of benzene rings is 4. The summed E-state index contributed by atoms with van der Waals surface area (Å²) in [4.78, 5) is 0.802. The van der Waals surface area contributed by atoms with Gasteiger partial charge in [-0.05, 0) is 124 Å². The average molecular weight is 791 g/mol. The van der Waals surface area contributed by atoms with E-state index in [1.807, 2.05) is 74.5 Å². The molecule has 4 fully saturated rings. The van der Waals surface area contributed by atoms with Crippen LogP contribution < -0.4 is 0 Å². The molecule has 0 aromatic heterocycles. The fourth-order valence-electron chi connectivity index (χ4n) is 10.1. The van der Waals surface area contributed by atoms with E-state index in [2.05, 4.69) is 37.4 Å². The first kappa shape index (κ1) is 40.4. The van der Waals surface area contributed by atoms with Gasteiger partial charge in [-0.25, -0.2) is 16.8 Å². The summed E-state index contributed by atoms with van der Waals surface area (Å²) in [7, 11) is -7.08. The zero-order chi connectivity index (χ0) is 39.5. The Hall–Kier alpha value is -3.82. The second-order valence-electron chi connectivity index (χ2n) is 16.6. The van der Waals surface area contributed by atoms with Crippen LogP contribution in [0.5, 0.6) is 0 Å². The second-order valence-corrected chi connectivity index (χ2v) is 20.4. The molecule has 0 N–H and O–H groups in total. The molecule has 0 radical (unpaired) electrons. The van der Waals surface area contributed by atoms with Gasteiger partial charge in [-0.3, -0.25) is 0 Å². The highest BCUT2D eigenvalue weighted by molar-refractivity contribution is 7.89. The molecule has 2 saturated heterocycles. The Morgan fingerprint density at radius 3 is 1.23 bits per heavy atom. The van der Waals surface area contributed by atoms with Crippen LogP contribution in [-0.4, -0.2) is 50.6 Å². The van der Waals surface area contributed by atoms with E-state index in [0.29, 0.717) is 46.6 Å². The van der Waals surface area contributed by atoms with E-state index >= 15 is 0 Å². The van der Waals surface area contributed by atoms with Crippen molar-refractivity contribution in [1.29, 1.82) is 0 Å². The van der Waals surface area contributed by atoms with E-state index in [1.54, 1.807) is 32.9 Å². The first-order chi connectivity index (χ1) is 26.9. The molecule has 2 aliphatic carbocycles. The summed E-state index contributed by atoms with van der Waals surface area (Å²) in [5.74, 6) is 1.62. The SMILES string of the molecule is C=C1CCN(S(=O)(=O)c2ccc(C)cc2)[C@@H](Cc2ccccc2)[C@@H]2CCC[C@H]12.C=C1CCN(S(=O)(=O)c2ccc(C)cc2)[C@@H](Cc2ccccc2)[C@@H]2CCC[C@H]12. The van der Waals surface area contributed by atoms with Gasteiger partial charge in [0.05, 0.1) is 9.79 Å². The highest BCUT2D eigenvalue weighted by Gasteiger charge is 2.46. The van der Waals surface area contributed by atoms with Crippen molar-refractivity contribution in [3.63, 3.8) is 0 Å². The van der Waals surface area contributed by atoms with E-state index in [0.717, 1.165) is 75.3 Å². The topological polar surface area (TPSA) is 74.8 Å². The highest BCUT2D eigenvalue weighted by atomic mass is 32.2. The summed E-state index contributed by atoms with van der Waals surface area (Å²) >= 11 is 0. The fourth-order valence-corrected chi connectivity index (χ4v) is 13.4. The second kappa shape index (κ2) is 17.4. The molecule has 8 heteroatoms. The van der Waals surface area contributed by atoms with Crippen LogP contribution in [0, 0.1) is 37.5 Å². The minimum absolute atomic E-state index is 0.0135. The van der Waals surface area contributed by atoms with Crippen LogP contribution in [0.3, 0.4) is 0 Å². The first-order valence-corrected chi connectivity index (χ1v) is 23.4. The first-order valence-electron chi connectivity index (χ1n) is 20.5. The molecule has 56 heavy (non-hydrogen) atoms. The Labute approximate surface area is 336 Å². The van der Waals surface area contributed by atoms with Gasteiger partial charge in [-0.1, -0.05) is 133 Å². The summed E-state index contributed by atoms with van der Waals surface area (Å²) in [6.07, 6.45) is 9.84. The molecule has 0 unspecified atom stereocenters. The molecule has 0 bridgehead atoms. The Kier molecular flexibility index (Phi) is 12.5. The lowest BCUT2D eigenvalue weighted by Gasteiger charge is -2.34. The molecule has 2 saturated carbocycles. The number of rotatable bonds is 8. The maximum Gasteiger partial charge on any atom is 0.243 e. The van der Waals surface area contributed by atoms with Crippen molar-refractivity contribution in [2.75, 3.05) is 13.1 Å². The maximum absolute atomic E-state index is 13.6. The molecule has 6 nitrogen and oxygen atoms in total. The van der Waals surface area contributed by atoms with Crippen molar-refractivity contribution >= 4 is 20.0 Å². The molecule has 8 rings (SSSR count). The largest absolute Gasteiger partial charge is 0.243 e. The molecule has 4 aromatic carbocycles. The summed E-state index contributed by atoms with van der Waals surface area (Å²) < 4.78 is 58.2.